The molecule has 3 aromatic rings. The Hall–Kier alpha value is -2.95. The van der Waals surface area contributed by atoms with E-state index in [1.165, 1.54) is 17.4 Å². The molecule has 3 heterocycles. The molecule has 1 N–H and O–H groups in total. The van der Waals surface area contributed by atoms with Crippen molar-refractivity contribution in [3.8, 4) is 11.4 Å². The fourth-order valence-electron chi connectivity index (χ4n) is 3.36. The number of nitrogens with zero attached hydrogens (tertiary/aromatic N) is 5. The standard InChI is InChI=1S/C19H19F3N6OS/c20-19(21,22)14-4-5-16(27-7-2-1-3-8-27)15(10-14)23-17(29)11-28-25-18(24-26-28)13-6-9-30-12-13/h4-6,9-10,12H,1-3,7-8,11H2,(H,23,29). The lowest BCUT2D eigenvalue weighted by Crippen LogP contribution is -2.31. The first-order chi connectivity index (χ1) is 14.4. The van der Waals surface area contributed by atoms with Crippen LogP contribution >= 0.6 is 11.3 Å². The predicted molar refractivity (Wildman–Crippen MR) is 107 cm³/mol. The van der Waals surface area contributed by atoms with Gasteiger partial charge in [-0.05, 0) is 54.1 Å². The maximum absolute atomic E-state index is 13.2. The highest BCUT2D eigenvalue weighted by Gasteiger charge is 2.32. The Kier molecular flexibility index (Phi) is 5.71. The summed E-state index contributed by atoms with van der Waals surface area (Å²) in [5.74, 6) is -0.140. The summed E-state index contributed by atoms with van der Waals surface area (Å²) in [7, 11) is 0. The van der Waals surface area contributed by atoms with Crippen LogP contribution in [0.5, 0.6) is 0 Å². The van der Waals surface area contributed by atoms with E-state index in [1.54, 1.807) is 0 Å². The Morgan fingerprint density at radius 1 is 1.17 bits per heavy atom. The Labute approximate surface area is 174 Å². The number of hydrogen-bond donors (Lipinski definition) is 1. The number of rotatable bonds is 5. The van der Waals surface area contributed by atoms with E-state index < -0.39 is 17.6 Å². The number of carbonyl (C=O) groups is 1. The van der Waals surface area contributed by atoms with Crippen LogP contribution in [0.15, 0.2) is 35.0 Å². The van der Waals surface area contributed by atoms with E-state index >= 15 is 0 Å². The Balaban J connectivity index is 1.53. The van der Waals surface area contributed by atoms with Crippen LogP contribution in [0.3, 0.4) is 0 Å². The van der Waals surface area contributed by atoms with E-state index in [0.717, 1.165) is 54.8 Å². The van der Waals surface area contributed by atoms with Crippen molar-refractivity contribution in [1.82, 2.24) is 20.2 Å². The number of hydrogen-bond acceptors (Lipinski definition) is 6. The second kappa shape index (κ2) is 8.42. The highest BCUT2D eigenvalue weighted by molar-refractivity contribution is 7.08. The summed E-state index contributed by atoms with van der Waals surface area (Å²) in [6.45, 7) is 1.22. The van der Waals surface area contributed by atoms with E-state index in [1.807, 2.05) is 21.7 Å². The first-order valence-electron chi connectivity index (χ1n) is 9.46. The van der Waals surface area contributed by atoms with Crippen molar-refractivity contribution in [3.05, 3.63) is 40.6 Å². The van der Waals surface area contributed by atoms with Gasteiger partial charge in [0.25, 0.3) is 0 Å². The minimum atomic E-state index is -4.50. The molecular formula is C19H19F3N6OS. The fourth-order valence-corrected chi connectivity index (χ4v) is 3.99. The number of carbonyl (C=O) groups excluding carboxylic acids is 1. The normalized spacial score (nSPS) is 14.7. The van der Waals surface area contributed by atoms with Crippen LogP contribution in [-0.2, 0) is 17.5 Å². The van der Waals surface area contributed by atoms with Crippen LogP contribution in [0, 0.1) is 0 Å². The number of amides is 1. The lowest BCUT2D eigenvalue weighted by Gasteiger charge is -2.31. The van der Waals surface area contributed by atoms with Crippen molar-refractivity contribution in [2.45, 2.75) is 32.0 Å². The SMILES string of the molecule is O=C(Cn1nnc(-c2ccsc2)n1)Nc1cc(C(F)(F)F)ccc1N1CCCCC1. The van der Waals surface area contributed by atoms with Crippen molar-refractivity contribution in [1.29, 1.82) is 0 Å². The zero-order valence-electron chi connectivity index (χ0n) is 15.9. The summed E-state index contributed by atoms with van der Waals surface area (Å²) in [5, 5.41) is 18.2. The van der Waals surface area contributed by atoms with Gasteiger partial charge in [-0.25, -0.2) is 0 Å². The van der Waals surface area contributed by atoms with Crippen LogP contribution in [0.2, 0.25) is 0 Å². The molecule has 1 aliphatic heterocycles. The molecule has 1 aromatic carbocycles. The number of thiophene rings is 1. The monoisotopic (exact) mass is 436 g/mol. The van der Waals surface area contributed by atoms with Crippen molar-refractivity contribution < 1.29 is 18.0 Å². The van der Waals surface area contributed by atoms with Crippen LogP contribution in [0.1, 0.15) is 24.8 Å². The van der Waals surface area contributed by atoms with Gasteiger partial charge in [-0.2, -0.15) is 29.3 Å². The Bertz CT molecular complexity index is 1010. The number of anilines is 2. The third kappa shape index (κ3) is 4.61. The first kappa shape index (κ1) is 20.3. The van der Waals surface area contributed by atoms with Gasteiger partial charge in [-0.1, -0.05) is 0 Å². The van der Waals surface area contributed by atoms with Gasteiger partial charge in [0.1, 0.15) is 6.54 Å². The summed E-state index contributed by atoms with van der Waals surface area (Å²) in [4.78, 5) is 15.7. The average Bonchev–Trinajstić information content (AvgIpc) is 3.39. The fraction of sp³-hybridized carbons (Fsp3) is 0.368. The third-order valence-electron chi connectivity index (χ3n) is 4.81. The average molecular weight is 436 g/mol. The van der Waals surface area contributed by atoms with E-state index in [-0.39, 0.29) is 12.2 Å². The molecule has 4 rings (SSSR count). The van der Waals surface area contributed by atoms with Gasteiger partial charge in [-0.15, -0.1) is 10.2 Å². The highest BCUT2D eigenvalue weighted by Crippen LogP contribution is 2.36. The molecule has 1 amide bonds. The second-order valence-electron chi connectivity index (χ2n) is 6.98. The molecule has 0 unspecified atom stereocenters. The summed E-state index contributed by atoms with van der Waals surface area (Å²) in [5.41, 5.74) is 0.700. The lowest BCUT2D eigenvalue weighted by molar-refractivity contribution is -0.137. The third-order valence-corrected chi connectivity index (χ3v) is 5.50. The molecule has 0 radical (unpaired) electrons. The van der Waals surface area contributed by atoms with E-state index in [0.29, 0.717) is 11.5 Å². The maximum atomic E-state index is 13.2. The summed E-state index contributed by atoms with van der Waals surface area (Å²) >= 11 is 1.48. The Morgan fingerprint density at radius 2 is 1.97 bits per heavy atom. The number of alkyl halides is 3. The molecule has 0 aliphatic carbocycles. The highest BCUT2D eigenvalue weighted by atomic mass is 32.1. The van der Waals surface area contributed by atoms with Crippen molar-refractivity contribution in [3.63, 3.8) is 0 Å². The number of aromatic nitrogens is 4. The maximum Gasteiger partial charge on any atom is 0.416 e. The van der Waals surface area contributed by atoms with Crippen LogP contribution in [-0.4, -0.2) is 39.2 Å². The van der Waals surface area contributed by atoms with Gasteiger partial charge in [0.15, 0.2) is 0 Å². The number of halogens is 3. The Morgan fingerprint density at radius 3 is 2.67 bits per heavy atom. The molecule has 1 aliphatic rings. The van der Waals surface area contributed by atoms with Crippen molar-refractivity contribution >= 4 is 28.6 Å². The van der Waals surface area contributed by atoms with Crippen LogP contribution in [0.4, 0.5) is 24.5 Å². The van der Waals surface area contributed by atoms with Gasteiger partial charge >= 0.3 is 6.18 Å². The topological polar surface area (TPSA) is 75.9 Å². The molecule has 0 bridgehead atoms. The van der Waals surface area contributed by atoms with E-state index in [4.69, 9.17) is 0 Å². The molecule has 0 atom stereocenters. The molecule has 0 saturated carbocycles. The quantitative estimate of drug-likeness (QED) is 0.653. The predicted octanol–water partition coefficient (Wildman–Crippen LogP) is 4.05. The minimum absolute atomic E-state index is 0.134. The lowest BCUT2D eigenvalue weighted by atomic mass is 10.1. The summed E-state index contributed by atoms with van der Waals surface area (Å²) in [6, 6.07) is 5.28. The number of benzene rings is 1. The van der Waals surface area contributed by atoms with E-state index in [2.05, 4.69) is 20.7 Å². The smallest absolute Gasteiger partial charge is 0.370 e. The van der Waals surface area contributed by atoms with Gasteiger partial charge in [0.05, 0.1) is 16.9 Å². The molecular weight excluding hydrogens is 417 g/mol. The van der Waals surface area contributed by atoms with Gasteiger partial charge < -0.3 is 10.2 Å². The number of nitrogens with one attached hydrogen (secondary N) is 1. The number of tetrazole rings is 1. The molecule has 1 saturated heterocycles. The van der Waals surface area contributed by atoms with Crippen LogP contribution in [0.25, 0.3) is 11.4 Å². The second-order valence-corrected chi connectivity index (χ2v) is 7.76. The molecule has 11 heteroatoms. The summed E-state index contributed by atoms with van der Waals surface area (Å²) < 4.78 is 39.6. The number of piperidine rings is 1. The van der Waals surface area contributed by atoms with Gasteiger partial charge in [0.2, 0.25) is 11.7 Å². The van der Waals surface area contributed by atoms with Gasteiger partial charge in [0, 0.05) is 24.0 Å². The van der Waals surface area contributed by atoms with Gasteiger partial charge in [-0.3, -0.25) is 4.79 Å². The molecule has 7 nitrogen and oxygen atoms in total. The van der Waals surface area contributed by atoms with Crippen molar-refractivity contribution in [2.24, 2.45) is 0 Å². The largest absolute Gasteiger partial charge is 0.416 e. The summed E-state index contributed by atoms with van der Waals surface area (Å²) in [6.07, 6.45) is -1.49. The first-order valence-corrected chi connectivity index (χ1v) is 10.4. The van der Waals surface area contributed by atoms with Crippen LogP contribution < -0.4 is 10.2 Å². The molecule has 1 fully saturated rings. The van der Waals surface area contributed by atoms with Crippen molar-refractivity contribution in [2.75, 3.05) is 23.3 Å². The molecule has 30 heavy (non-hydrogen) atoms. The minimum Gasteiger partial charge on any atom is -0.370 e. The van der Waals surface area contributed by atoms with E-state index in [9.17, 15) is 18.0 Å². The zero-order valence-corrected chi connectivity index (χ0v) is 16.7. The zero-order chi connectivity index (χ0) is 21.1. The molecule has 0 spiro atoms. The molecule has 2 aromatic heterocycles. The molecule has 158 valence electrons.